The van der Waals surface area contributed by atoms with E-state index in [9.17, 15) is 18.0 Å². The summed E-state index contributed by atoms with van der Waals surface area (Å²) < 4.78 is 37.7. The molecular formula is C22H26N2O6S. The van der Waals surface area contributed by atoms with Gasteiger partial charge in [-0.25, -0.2) is 17.9 Å². The smallest absolute Gasteiger partial charge is 0.338 e. The first-order valence-corrected chi connectivity index (χ1v) is 11.6. The lowest BCUT2D eigenvalue weighted by atomic mass is 10.1. The minimum absolute atomic E-state index is 0.0376. The Morgan fingerprint density at radius 1 is 1.16 bits per heavy atom. The van der Waals surface area contributed by atoms with E-state index in [0.29, 0.717) is 12.3 Å². The molecule has 1 aliphatic heterocycles. The highest BCUT2D eigenvalue weighted by molar-refractivity contribution is 7.89. The molecule has 1 fully saturated rings. The minimum atomic E-state index is -3.70. The molecule has 1 saturated heterocycles. The minimum Gasteiger partial charge on any atom is -0.452 e. The van der Waals surface area contributed by atoms with Crippen LogP contribution in [-0.2, 0) is 30.7 Å². The molecule has 0 saturated carbocycles. The fourth-order valence-corrected chi connectivity index (χ4v) is 4.21. The molecule has 166 valence electrons. The van der Waals surface area contributed by atoms with Crippen LogP contribution in [0.2, 0.25) is 0 Å². The molecule has 0 aromatic heterocycles. The summed E-state index contributed by atoms with van der Waals surface area (Å²) in [5, 5.41) is 2.68. The monoisotopic (exact) mass is 446 g/mol. The quantitative estimate of drug-likeness (QED) is 0.573. The molecule has 2 aromatic carbocycles. The standard InChI is InChI=1S/C22H26N2O6S/c1-2-16-5-3-6-18(13-16)24-21(25)15-30-22(26)17-8-10-20(11-9-17)31(27,28)23-14-19-7-4-12-29-19/h3,5-6,8-11,13,19,23H,2,4,7,12,14-15H2,1H3,(H,24,25). The molecule has 1 aliphatic rings. The number of ether oxygens (including phenoxy) is 2. The van der Waals surface area contributed by atoms with Crippen LogP contribution >= 0.6 is 0 Å². The topological polar surface area (TPSA) is 111 Å². The number of rotatable bonds is 9. The number of hydrogen-bond acceptors (Lipinski definition) is 6. The first kappa shape index (κ1) is 22.9. The van der Waals surface area contributed by atoms with E-state index < -0.39 is 28.5 Å². The fraction of sp³-hybridized carbons (Fsp3) is 0.364. The van der Waals surface area contributed by atoms with Crippen LogP contribution in [0.4, 0.5) is 5.69 Å². The van der Waals surface area contributed by atoms with E-state index in [1.165, 1.54) is 24.3 Å². The third-order valence-corrected chi connectivity index (χ3v) is 6.32. The van der Waals surface area contributed by atoms with Crippen molar-refractivity contribution in [2.24, 2.45) is 0 Å². The second-order valence-corrected chi connectivity index (χ2v) is 8.96. The van der Waals surface area contributed by atoms with Crippen LogP contribution in [0.1, 0.15) is 35.7 Å². The van der Waals surface area contributed by atoms with Crippen LogP contribution < -0.4 is 10.0 Å². The number of carbonyl (C=O) groups excluding carboxylic acids is 2. The maximum Gasteiger partial charge on any atom is 0.338 e. The van der Waals surface area contributed by atoms with E-state index in [2.05, 4.69) is 10.0 Å². The zero-order valence-electron chi connectivity index (χ0n) is 17.3. The highest BCUT2D eigenvalue weighted by Crippen LogP contribution is 2.15. The number of sulfonamides is 1. The Kier molecular flexibility index (Phi) is 7.78. The third-order valence-electron chi connectivity index (χ3n) is 4.88. The van der Waals surface area contributed by atoms with Crippen molar-refractivity contribution in [3.63, 3.8) is 0 Å². The Hall–Kier alpha value is -2.75. The van der Waals surface area contributed by atoms with Gasteiger partial charge >= 0.3 is 5.97 Å². The predicted molar refractivity (Wildman–Crippen MR) is 115 cm³/mol. The van der Waals surface area contributed by atoms with Gasteiger partial charge in [0.05, 0.1) is 16.6 Å². The highest BCUT2D eigenvalue weighted by Gasteiger charge is 2.20. The predicted octanol–water partition coefficient (Wildman–Crippen LogP) is 2.50. The number of amides is 1. The number of esters is 1. The lowest BCUT2D eigenvalue weighted by molar-refractivity contribution is -0.119. The molecule has 31 heavy (non-hydrogen) atoms. The molecule has 0 bridgehead atoms. The Bertz CT molecular complexity index is 1010. The Morgan fingerprint density at radius 3 is 2.61 bits per heavy atom. The average Bonchev–Trinajstić information content (AvgIpc) is 3.30. The number of benzene rings is 2. The molecule has 0 radical (unpaired) electrons. The molecule has 0 spiro atoms. The van der Waals surface area contributed by atoms with Crippen molar-refractivity contribution in [2.75, 3.05) is 25.1 Å². The first-order valence-electron chi connectivity index (χ1n) is 10.1. The number of anilines is 1. The molecule has 1 heterocycles. The van der Waals surface area contributed by atoms with Crippen molar-refractivity contribution >= 4 is 27.6 Å². The molecular weight excluding hydrogens is 420 g/mol. The summed E-state index contributed by atoms with van der Waals surface area (Å²) in [5.74, 6) is -1.17. The van der Waals surface area contributed by atoms with Gasteiger partial charge in [-0.15, -0.1) is 0 Å². The number of aryl methyl sites for hydroxylation is 1. The summed E-state index contributed by atoms with van der Waals surface area (Å²) in [6.45, 7) is 2.42. The first-order chi connectivity index (χ1) is 14.9. The summed E-state index contributed by atoms with van der Waals surface area (Å²) in [4.78, 5) is 24.2. The van der Waals surface area contributed by atoms with E-state index in [0.717, 1.165) is 24.8 Å². The van der Waals surface area contributed by atoms with Gasteiger partial charge in [0, 0.05) is 18.8 Å². The summed E-state index contributed by atoms with van der Waals surface area (Å²) in [6, 6.07) is 12.8. The van der Waals surface area contributed by atoms with Crippen LogP contribution in [0.3, 0.4) is 0 Å². The lowest BCUT2D eigenvalue weighted by Gasteiger charge is -2.11. The van der Waals surface area contributed by atoms with Crippen molar-refractivity contribution in [2.45, 2.75) is 37.2 Å². The van der Waals surface area contributed by atoms with Crippen LogP contribution in [0.15, 0.2) is 53.4 Å². The van der Waals surface area contributed by atoms with E-state index in [4.69, 9.17) is 9.47 Å². The number of carbonyl (C=O) groups is 2. The SMILES string of the molecule is CCc1cccc(NC(=O)COC(=O)c2ccc(S(=O)(=O)NCC3CCCO3)cc2)c1. The van der Waals surface area contributed by atoms with Crippen molar-refractivity contribution in [1.29, 1.82) is 0 Å². The van der Waals surface area contributed by atoms with Gasteiger partial charge in [0.1, 0.15) is 0 Å². The van der Waals surface area contributed by atoms with Gasteiger partial charge in [-0.05, 0) is 61.2 Å². The Morgan fingerprint density at radius 2 is 1.94 bits per heavy atom. The van der Waals surface area contributed by atoms with E-state index in [1.54, 1.807) is 6.07 Å². The van der Waals surface area contributed by atoms with Crippen LogP contribution in [-0.4, -0.2) is 46.2 Å². The van der Waals surface area contributed by atoms with Crippen molar-refractivity contribution in [1.82, 2.24) is 4.72 Å². The summed E-state index contributed by atoms with van der Waals surface area (Å²) in [7, 11) is -3.70. The summed E-state index contributed by atoms with van der Waals surface area (Å²) in [6.07, 6.45) is 2.48. The van der Waals surface area contributed by atoms with Crippen LogP contribution in [0, 0.1) is 0 Å². The summed E-state index contributed by atoms with van der Waals surface area (Å²) in [5.41, 5.74) is 1.86. The zero-order chi connectivity index (χ0) is 22.3. The molecule has 2 N–H and O–H groups in total. The van der Waals surface area contributed by atoms with Crippen molar-refractivity contribution < 1.29 is 27.5 Å². The number of hydrogen-bond donors (Lipinski definition) is 2. The highest BCUT2D eigenvalue weighted by atomic mass is 32.2. The van der Waals surface area contributed by atoms with Gasteiger partial charge in [0.15, 0.2) is 6.61 Å². The van der Waals surface area contributed by atoms with Gasteiger partial charge in [-0.2, -0.15) is 0 Å². The second-order valence-electron chi connectivity index (χ2n) is 7.19. The molecule has 3 rings (SSSR count). The van der Waals surface area contributed by atoms with Gasteiger partial charge in [0.2, 0.25) is 10.0 Å². The molecule has 0 aliphatic carbocycles. The fourth-order valence-electron chi connectivity index (χ4n) is 3.14. The van der Waals surface area contributed by atoms with Gasteiger partial charge in [-0.3, -0.25) is 4.79 Å². The third kappa shape index (κ3) is 6.61. The zero-order valence-corrected chi connectivity index (χ0v) is 18.1. The largest absolute Gasteiger partial charge is 0.452 e. The molecule has 2 aromatic rings. The second kappa shape index (κ2) is 10.5. The maximum atomic E-state index is 12.4. The molecule has 1 amide bonds. The number of nitrogens with one attached hydrogen (secondary N) is 2. The van der Waals surface area contributed by atoms with E-state index >= 15 is 0 Å². The maximum absolute atomic E-state index is 12.4. The Labute approximate surface area is 182 Å². The summed E-state index contributed by atoms with van der Waals surface area (Å²) >= 11 is 0. The van der Waals surface area contributed by atoms with E-state index in [-0.39, 0.29) is 23.1 Å². The van der Waals surface area contributed by atoms with Gasteiger partial charge in [0.25, 0.3) is 5.91 Å². The Balaban J connectivity index is 1.50. The normalized spacial score (nSPS) is 16.1. The van der Waals surface area contributed by atoms with Gasteiger partial charge in [-0.1, -0.05) is 19.1 Å². The lowest BCUT2D eigenvalue weighted by Crippen LogP contribution is -2.31. The van der Waals surface area contributed by atoms with Crippen LogP contribution in [0.25, 0.3) is 0 Å². The average molecular weight is 447 g/mol. The molecule has 8 nitrogen and oxygen atoms in total. The van der Waals surface area contributed by atoms with Crippen molar-refractivity contribution in [3.8, 4) is 0 Å². The van der Waals surface area contributed by atoms with E-state index in [1.807, 2.05) is 25.1 Å². The van der Waals surface area contributed by atoms with Gasteiger partial charge < -0.3 is 14.8 Å². The molecule has 1 atom stereocenters. The molecule has 1 unspecified atom stereocenters. The van der Waals surface area contributed by atoms with Crippen molar-refractivity contribution in [3.05, 3.63) is 59.7 Å². The molecule has 9 heteroatoms. The van der Waals surface area contributed by atoms with Crippen LogP contribution in [0.5, 0.6) is 0 Å².